The Morgan fingerprint density at radius 1 is 1.23 bits per heavy atom. The normalized spacial score (nSPS) is 17.5. The van der Waals surface area contributed by atoms with E-state index in [1.165, 1.54) is 6.42 Å². The number of hydrogen-bond donors (Lipinski definition) is 1. The fraction of sp³-hybridized carbons (Fsp3) is 0.625. The first-order valence-electron chi connectivity index (χ1n) is 7.91. The van der Waals surface area contributed by atoms with Crippen LogP contribution in [0.5, 0.6) is 5.75 Å². The number of benzene rings is 1. The van der Waals surface area contributed by atoms with Gasteiger partial charge in [-0.25, -0.2) is 13.1 Å². The summed E-state index contributed by atoms with van der Waals surface area (Å²) < 4.78 is 32.3. The monoisotopic (exact) mass is 326 g/mol. The Hall–Kier alpha value is -1.11. The zero-order valence-corrected chi connectivity index (χ0v) is 14.2. The molecule has 0 radical (unpaired) electrons. The van der Waals surface area contributed by atoms with Crippen molar-refractivity contribution in [2.24, 2.45) is 5.92 Å². The topological polar surface area (TPSA) is 58.6 Å². The van der Waals surface area contributed by atoms with Crippen molar-refractivity contribution < 1.29 is 13.2 Å². The smallest absolute Gasteiger partial charge is 0.240 e. The summed E-state index contributed by atoms with van der Waals surface area (Å²) >= 11 is 0. The highest BCUT2D eigenvalue weighted by atomic mass is 32.2. The maximum Gasteiger partial charge on any atom is 0.240 e. The molecule has 0 saturated carbocycles. The van der Waals surface area contributed by atoms with Crippen LogP contribution in [0.2, 0.25) is 0 Å². The summed E-state index contributed by atoms with van der Waals surface area (Å²) in [5.74, 6) is 1.09. The molecule has 0 amide bonds. The summed E-state index contributed by atoms with van der Waals surface area (Å²) in [6.45, 7) is 6.00. The van der Waals surface area contributed by atoms with Crippen LogP contribution in [0.3, 0.4) is 0 Å². The van der Waals surface area contributed by atoms with Crippen LogP contribution in [-0.2, 0) is 10.0 Å². The molecule has 1 aromatic rings. The molecular weight excluding hydrogens is 300 g/mol. The number of hydrogen-bond acceptors (Lipinski definition) is 4. The van der Waals surface area contributed by atoms with Crippen LogP contribution >= 0.6 is 0 Å². The lowest BCUT2D eigenvalue weighted by Gasteiger charge is -2.31. The molecule has 0 aliphatic carbocycles. The molecule has 0 bridgehead atoms. The van der Waals surface area contributed by atoms with Crippen molar-refractivity contribution in [1.29, 1.82) is 0 Å². The van der Waals surface area contributed by atoms with Gasteiger partial charge >= 0.3 is 0 Å². The summed E-state index contributed by atoms with van der Waals surface area (Å²) in [5.41, 5.74) is 0. The van der Waals surface area contributed by atoms with Gasteiger partial charge in [-0.2, -0.15) is 0 Å². The Labute approximate surface area is 133 Å². The predicted molar refractivity (Wildman–Crippen MR) is 87.6 cm³/mol. The Balaban J connectivity index is 1.85. The summed E-state index contributed by atoms with van der Waals surface area (Å²) in [6.07, 6.45) is 3.30. The highest BCUT2D eigenvalue weighted by molar-refractivity contribution is 7.89. The summed E-state index contributed by atoms with van der Waals surface area (Å²) in [6, 6.07) is 6.48. The van der Waals surface area contributed by atoms with E-state index in [4.69, 9.17) is 4.74 Å². The van der Waals surface area contributed by atoms with Gasteiger partial charge in [0.05, 0.1) is 12.0 Å². The van der Waals surface area contributed by atoms with Crippen molar-refractivity contribution in [3.05, 3.63) is 24.3 Å². The average molecular weight is 326 g/mol. The first-order chi connectivity index (χ1) is 10.5. The molecule has 2 rings (SSSR count). The summed E-state index contributed by atoms with van der Waals surface area (Å²) in [4.78, 5) is 2.74. The number of sulfonamides is 1. The number of nitrogens with one attached hydrogen (secondary N) is 1. The van der Waals surface area contributed by atoms with Gasteiger partial charge in [0.2, 0.25) is 10.0 Å². The van der Waals surface area contributed by atoms with Gasteiger partial charge < -0.3 is 9.64 Å². The van der Waals surface area contributed by atoms with E-state index < -0.39 is 10.0 Å². The quantitative estimate of drug-likeness (QED) is 0.833. The number of ether oxygens (including phenoxy) is 1. The van der Waals surface area contributed by atoms with Crippen molar-refractivity contribution in [2.45, 2.75) is 31.1 Å². The van der Waals surface area contributed by atoms with E-state index >= 15 is 0 Å². The molecule has 124 valence electrons. The molecule has 6 heteroatoms. The van der Waals surface area contributed by atoms with Gasteiger partial charge in [-0.15, -0.1) is 0 Å². The predicted octanol–water partition coefficient (Wildman–Crippen LogP) is 2.10. The van der Waals surface area contributed by atoms with Crippen LogP contribution in [0.25, 0.3) is 0 Å². The largest absolute Gasteiger partial charge is 0.497 e. The van der Waals surface area contributed by atoms with Crippen molar-refractivity contribution in [3.8, 4) is 5.75 Å². The van der Waals surface area contributed by atoms with Crippen molar-refractivity contribution in [3.63, 3.8) is 0 Å². The van der Waals surface area contributed by atoms with E-state index in [0.29, 0.717) is 18.2 Å². The minimum absolute atomic E-state index is 0.289. The van der Waals surface area contributed by atoms with Crippen LogP contribution in [0, 0.1) is 5.92 Å². The number of likely N-dealkylation sites (tertiary alicyclic amines) is 1. The summed E-state index contributed by atoms with van der Waals surface area (Å²) in [5, 5.41) is 0. The second-order valence-corrected chi connectivity index (χ2v) is 7.58. The summed E-state index contributed by atoms with van der Waals surface area (Å²) in [7, 11) is -1.87. The number of rotatable bonds is 7. The minimum atomic E-state index is -3.43. The Morgan fingerprint density at radius 3 is 2.41 bits per heavy atom. The maximum absolute atomic E-state index is 12.3. The lowest BCUT2D eigenvalue weighted by atomic mass is 9.97. The number of piperidine rings is 1. The van der Waals surface area contributed by atoms with Crippen molar-refractivity contribution in [1.82, 2.24) is 9.62 Å². The van der Waals surface area contributed by atoms with Crippen molar-refractivity contribution >= 4 is 10.0 Å². The maximum atomic E-state index is 12.3. The van der Waals surface area contributed by atoms with E-state index in [9.17, 15) is 8.42 Å². The van der Waals surface area contributed by atoms with Crippen molar-refractivity contribution in [2.75, 3.05) is 33.3 Å². The van der Waals surface area contributed by atoms with Gasteiger partial charge in [0, 0.05) is 6.54 Å². The van der Waals surface area contributed by atoms with Gasteiger partial charge in [0.15, 0.2) is 0 Å². The third kappa shape index (κ3) is 4.69. The Morgan fingerprint density at radius 2 is 1.86 bits per heavy atom. The highest BCUT2D eigenvalue weighted by Crippen LogP contribution is 2.19. The molecule has 1 saturated heterocycles. The van der Waals surface area contributed by atoms with E-state index in [0.717, 1.165) is 32.5 Å². The second kappa shape index (κ2) is 7.94. The van der Waals surface area contributed by atoms with Gasteiger partial charge in [-0.1, -0.05) is 6.92 Å². The van der Waals surface area contributed by atoms with E-state index in [1.807, 2.05) is 0 Å². The molecule has 1 N–H and O–H groups in total. The molecule has 22 heavy (non-hydrogen) atoms. The Bertz CT molecular complexity index is 549. The lowest BCUT2D eigenvalue weighted by Crippen LogP contribution is -2.38. The molecule has 0 atom stereocenters. The Kier molecular flexibility index (Phi) is 6.23. The van der Waals surface area contributed by atoms with Crippen LogP contribution in [-0.4, -0.2) is 46.6 Å². The highest BCUT2D eigenvalue weighted by Gasteiger charge is 2.21. The number of methoxy groups -OCH3 is 1. The zero-order chi connectivity index (χ0) is 16.0. The van der Waals surface area contributed by atoms with Gasteiger partial charge in [-0.05, 0) is 69.1 Å². The van der Waals surface area contributed by atoms with Gasteiger partial charge in [-0.3, -0.25) is 0 Å². The van der Waals surface area contributed by atoms with E-state index in [1.54, 1.807) is 31.4 Å². The molecule has 1 fully saturated rings. The third-order valence-electron chi connectivity index (χ3n) is 4.18. The van der Waals surface area contributed by atoms with Crippen LogP contribution in [0.1, 0.15) is 26.2 Å². The van der Waals surface area contributed by atoms with Crippen LogP contribution < -0.4 is 9.46 Å². The fourth-order valence-electron chi connectivity index (χ4n) is 2.80. The molecule has 1 aliphatic rings. The van der Waals surface area contributed by atoms with Gasteiger partial charge in [0.1, 0.15) is 5.75 Å². The zero-order valence-electron chi connectivity index (χ0n) is 13.4. The SMILES string of the molecule is CCCN1CCC(CNS(=O)(=O)c2ccc(OC)cc2)CC1. The second-order valence-electron chi connectivity index (χ2n) is 5.81. The molecule has 1 aromatic carbocycles. The molecule has 0 spiro atoms. The minimum Gasteiger partial charge on any atom is -0.497 e. The average Bonchev–Trinajstić information content (AvgIpc) is 2.55. The van der Waals surface area contributed by atoms with Gasteiger partial charge in [0.25, 0.3) is 0 Å². The molecule has 5 nitrogen and oxygen atoms in total. The lowest BCUT2D eigenvalue weighted by molar-refractivity contribution is 0.186. The molecule has 1 heterocycles. The van der Waals surface area contributed by atoms with E-state index in [2.05, 4.69) is 16.5 Å². The molecule has 0 unspecified atom stereocenters. The fourth-order valence-corrected chi connectivity index (χ4v) is 3.91. The first kappa shape index (κ1) is 17.2. The van der Waals surface area contributed by atoms with E-state index in [-0.39, 0.29) is 4.90 Å². The standard InChI is InChI=1S/C16H26N2O3S/c1-3-10-18-11-8-14(9-12-18)13-17-22(19,20)16-6-4-15(21-2)5-7-16/h4-7,14,17H,3,8-13H2,1-2H3. The first-order valence-corrected chi connectivity index (χ1v) is 9.39. The van der Waals surface area contributed by atoms with Crippen LogP contribution in [0.15, 0.2) is 29.2 Å². The third-order valence-corrected chi connectivity index (χ3v) is 5.62. The van der Waals surface area contributed by atoms with Crippen LogP contribution in [0.4, 0.5) is 0 Å². The number of nitrogens with zero attached hydrogens (tertiary/aromatic N) is 1. The molecular formula is C16H26N2O3S. The molecule has 1 aliphatic heterocycles. The molecule has 0 aromatic heterocycles.